The third-order valence-corrected chi connectivity index (χ3v) is 9.12. The van der Waals surface area contributed by atoms with E-state index in [-0.39, 0.29) is 29.0 Å². The molecule has 0 spiro atoms. The highest BCUT2D eigenvalue weighted by atomic mass is 32.2. The van der Waals surface area contributed by atoms with Crippen molar-refractivity contribution in [3.63, 3.8) is 0 Å². The summed E-state index contributed by atoms with van der Waals surface area (Å²) in [6.45, 7) is 7.92. The van der Waals surface area contributed by atoms with Crippen LogP contribution in [-0.2, 0) is 26.0 Å². The molecular formula is C31H44FN3O5S2. The van der Waals surface area contributed by atoms with Crippen molar-refractivity contribution in [2.24, 2.45) is 17.8 Å². The summed E-state index contributed by atoms with van der Waals surface area (Å²) in [5.74, 6) is -0.907. The molecule has 2 aromatic carbocycles. The Bertz CT molecular complexity index is 1290. The molecular weight excluding hydrogens is 577 g/mol. The van der Waals surface area contributed by atoms with Crippen molar-refractivity contribution >= 4 is 33.6 Å². The minimum absolute atomic E-state index is 0.0251. The summed E-state index contributed by atoms with van der Waals surface area (Å²) in [5.41, 5.74) is 0.528. The quantitative estimate of drug-likeness (QED) is 0.252. The molecule has 2 amide bonds. The number of carbonyl (C=O) groups excluding carboxylic acids is 2. The molecule has 0 aromatic heterocycles. The average molecular weight is 622 g/mol. The number of carbonyl (C=O) groups is 2. The molecule has 3 rings (SSSR count). The van der Waals surface area contributed by atoms with E-state index in [4.69, 9.17) is 0 Å². The van der Waals surface area contributed by atoms with Gasteiger partial charge in [-0.05, 0) is 88.1 Å². The van der Waals surface area contributed by atoms with Crippen molar-refractivity contribution < 1.29 is 27.5 Å². The average Bonchev–Trinajstić information content (AvgIpc) is 3.26. The smallest absolute Gasteiger partial charge is 0.239 e. The van der Waals surface area contributed by atoms with E-state index in [0.29, 0.717) is 23.7 Å². The molecule has 2 aromatic rings. The van der Waals surface area contributed by atoms with Gasteiger partial charge in [-0.15, -0.1) is 11.8 Å². The maximum Gasteiger partial charge on any atom is 0.239 e. The van der Waals surface area contributed by atoms with E-state index in [1.54, 1.807) is 12.1 Å². The Morgan fingerprint density at radius 3 is 2.31 bits per heavy atom. The van der Waals surface area contributed by atoms with Gasteiger partial charge in [0.2, 0.25) is 21.8 Å². The molecule has 11 heteroatoms. The van der Waals surface area contributed by atoms with E-state index in [2.05, 4.69) is 22.3 Å². The van der Waals surface area contributed by atoms with E-state index in [9.17, 15) is 27.5 Å². The summed E-state index contributed by atoms with van der Waals surface area (Å²) in [4.78, 5) is 27.3. The summed E-state index contributed by atoms with van der Waals surface area (Å²) >= 11 is 1.22. The number of nitrogens with one attached hydrogen (secondary N) is 3. The molecule has 1 aliphatic rings. The lowest BCUT2D eigenvalue weighted by atomic mass is 9.86. The second-order valence-electron chi connectivity index (χ2n) is 12.5. The van der Waals surface area contributed by atoms with Crippen LogP contribution in [0.4, 0.5) is 4.39 Å². The lowest BCUT2D eigenvalue weighted by Gasteiger charge is -2.31. The molecule has 6 unspecified atom stereocenters. The molecule has 1 aliphatic carbocycles. The number of benzene rings is 2. The Labute approximate surface area is 253 Å². The van der Waals surface area contributed by atoms with Crippen LogP contribution in [0.15, 0.2) is 59.5 Å². The summed E-state index contributed by atoms with van der Waals surface area (Å²) in [5, 5.41) is 17.5. The molecule has 6 atom stereocenters. The fourth-order valence-electron chi connectivity index (χ4n) is 5.49. The van der Waals surface area contributed by atoms with E-state index < -0.39 is 39.9 Å². The lowest BCUT2D eigenvalue weighted by molar-refractivity contribution is -0.128. The van der Waals surface area contributed by atoms with Gasteiger partial charge in [-0.25, -0.2) is 17.5 Å². The second kappa shape index (κ2) is 14.8. The molecule has 0 heterocycles. The predicted octanol–water partition coefficient (Wildman–Crippen LogP) is 3.89. The van der Waals surface area contributed by atoms with Crippen molar-refractivity contribution in [3.8, 4) is 0 Å². The zero-order chi connectivity index (χ0) is 31.1. The third kappa shape index (κ3) is 11.3. The molecule has 1 saturated carbocycles. The highest BCUT2D eigenvalue weighted by Gasteiger charge is 2.40. The van der Waals surface area contributed by atoms with Gasteiger partial charge in [0.05, 0.1) is 18.4 Å². The largest absolute Gasteiger partial charge is 0.391 e. The van der Waals surface area contributed by atoms with Crippen molar-refractivity contribution in [3.05, 3.63) is 66.0 Å². The first-order valence-electron chi connectivity index (χ1n) is 14.3. The normalized spacial score (nSPS) is 21.4. The maximum absolute atomic E-state index is 13.5. The number of halogens is 1. The number of sulfonamides is 1. The number of aliphatic hydroxyl groups is 1. The minimum atomic E-state index is -3.74. The van der Waals surface area contributed by atoms with E-state index >= 15 is 0 Å². The molecule has 1 fully saturated rings. The van der Waals surface area contributed by atoms with Gasteiger partial charge in [-0.3, -0.25) is 9.59 Å². The number of hydrogen-bond acceptors (Lipinski definition) is 6. The number of aliphatic hydroxyl groups excluding tert-OH is 1. The molecule has 4 N–H and O–H groups in total. The van der Waals surface area contributed by atoms with Crippen LogP contribution < -0.4 is 15.4 Å². The monoisotopic (exact) mass is 621 g/mol. The molecule has 0 bridgehead atoms. The number of rotatable bonds is 13. The van der Waals surface area contributed by atoms with Crippen LogP contribution in [0.5, 0.6) is 0 Å². The van der Waals surface area contributed by atoms with Crippen LogP contribution >= 0.6 is 11.8 Å². The Morgan fingerprint density at radius 1 is 1.07 bits per heavy atom. The summed E-state index contributed by atoms with van der Waals surface area (Å²) in [6, 6.07) is 13.3. The van der Waals surface area contributed by atoms with Gasteiger partial charge in [0.1, 0.15) is 11.9 Å². The topological polar surface area (TPSA) is 125 Å². The van der Waals surface area contributed by atoms with Gasteiger partial charge in [-0.2, -0.15) is 0 Å². The van der Waals surface area contributed by atoms with Crippen LogP contribution in [-0.4, -0.2) is 61.1 Å². The highest BCUT2D eigenvalue weighted by molar-refractivity contribution is 7.99. The Morgan fingerprint density at radius 2 is 1.71 bits per heavy atom. The van der Waals surface area contributed by atoms with Crippen LogP contribution in [0.3, 0.4) is 0 Å². The highest BCUT2D eigenvalue weighted by Crippen LogP contribution is 2.40. The second-order valence-corrected chi connectivity index (χ2v) is 15.4. The summed E-state index contributed by atoms with van der Waals surface area (Å²) in [7, 11) is -3.74. The Balaban J connectivity index is 1.79. The number of hydrogen-bond donors (Lipinski definition) is 4. The summed E-state index contributed by atoms with van der Waals surface area (Å²) < 4.78 is 40.0. The Kier molecular flexibility index (Phi) is 12.0. The van der Waals surface area contributed by atoms with Gasteiger partial charge in [0.25, 0.3) is 0 Å². The van der Waals surface area contributed by atoms with Gasteiger partial charge >= 0.3 is 0 Å². The van der Waals surface area contributed by atoms with Crippen molar-refractivity contribution in [2.45, 2.75) is 82.0 Å². The third-order valence-electron chi connectivity index (χ3n) is 7.30. The Hall–Kier alpha value is -2.47. The first-order chi connectivity index (χ1) is 19.6. The van der Waals surface area contributed by atoms with Crippen LogP contribution in [0.2, 0.25) is 0 Å². The van der Waals surface area contributed by atoms with E-state index in [0.717, 1.165) is 24.7 Å². The molecule has 42 heavy (non-hydrogen) atoms. The van der Waals surface area contributed by atoms with Gasteiger partial charge in [-0.1, -0.05) is 37.3 Å². The maximum atomic E-state index is 13.5. The number of thioether (sulfide) groups is 1. The molecule has 0 radical (unpaired) electrons. The molecule has 0 saturated heterocycles. The van der Waals surface area contributed by atoms with Crippen LogP contribution in [0, 0.1) is 23.6 Å². The zero-order valence-corrected chi connectivity index (χ0v) is 26.6. The van der Waals surface area contributed by atoms with Crippen molar-refractivity contribution in [1.82, 2.24) is 15.4 Å². The molecule has 232 valence electrons. The zero-order valence-electron chi connectivity index (χ0n) is 25.0. The van der Waals surface area contributed by atoms with E-state index in [1.807, 2.05) is 51.1 Å². The lowest BCUT2D eigenvalue weighted by Crippen LogP contribution is -2.54. The first kappa shape index (κ1) is 34.0. The molecule has 0 aliphatic heterocycles. The predicted molar refractivity (Wildman–Crippen MR) is 165 cm³/mol. The van der Waals surface area contributed by atoms with Crippen LogP contribution in [0.25, 0.3) is 0 Å². The fraction of sp³-hybridized carbons (Fsp3) is 0.548. The SMILES string of the molecule is CC1CC(CC(O)C(Cc2ccccc2)NC(=O)C(CSc2ccc(F)cc2)NS(C)(=O)=O)C(C(=O)NC(C)(C)C)C1. The van der Waals surface area contributed by atoms with E-state index in [1.165, 1.54) is 23.9 Å². The molecule has 8 nitrogen and oxygen atoms in total. The minimum Gasteiger partial charge on any atom is -0.391 e. The van der Waals surface area contributed by atoms with Gasteiger partial charge in [0, 0.05) is 22.1 Å². The first-order valence-corrected chi connectivity index (χ1v) is 17.2. The van der Waals surface area contributed by atoms with Gasteiger partial charge < -0.3 is 15.7 Å². The van der Waals surface area contributed by atoms with Gasteiger partial charge in [0.15, 0.2) is 0 Å². The number of amides is 2. The standard InChI is InChI=1S/C31H44FN3O5S2/c1-20-15-22(25(16-20)29(37)34-31(2,3)4)18-28(36)26(17-21-9-7-6-8-10-21)33-30(38)27(35-42(5,39)40)19-41-24-13-11-23(32)12-14-24/h6-14,20,22,25-28,35-36H,15-19H2,1-5H3,(H,33,38)(H,34,37). The fourth-order valence-corrected chi connectivity index (χ4v) is 7.22. The van der Waals surface area contributed by atoms with Crippen LogP contribution in [0.1, 0.15) is 52.5 Å². The van der Waals surface area contributed by atoms with Crippen molar-refractivity contribution in [2.75, 3.05) is 12.0 Å². The summed E-state index contributed by atoms with van der Waals surface area (Å²) in [6.07, 6.45) is 2.17. The van der Waals surface area contributed by atoms with Crippen molar-refractivity contribution in [1.29, 1.82) is 0 Å².